The molecule has 3 nitrogen and oxygen atoms in total. The first-order valence-electron chi connectivity index (χ1n) is 7.77. The van der Waals surface area contributed by atoms with Crippen LogP contribution in [0.5, 0.6) is 0 Å². The van der Waals surface area contributed by atoms with Gasteiger partial charge in [0.1, 0.15) is 0 Å². The van der Waals surface area contributed by atoms with E-state index in [1.54, 1.807) is 0 Å². The van der Waals surface area contributed by atoms with Crippen LogP contribution in [0.2, 0.25) is 0 Å². The summed E-state index contributed by atoms with van der Waals surface area (Å²) in [5.41, 5.74) is 6.40. The van der Waals surface area contributed by atoms with Crippen molar-refractivity contribution >= 4 is 0 Å². The third-order valence-electron chi connectivity index (χ3n) is 5.18. The monoisotopic (exact) mass is 253 g/mol. The molecule has 104 valence electrons. The van der Waals surface area contributed by atoms with Gasteiger partial charge in [0.15, 0.2) is 0 Å². The highest BCUT2D eigenvalue weighted by Crippen LogP contribution is 2.49. The van der Waals surface area contributed by atoms with E-state index in [2.05, 4.69) is 0 Å². The van der Waals surface area contributed by atoms with Crippen LogP contribution in [-0.2, 0) is 9.47 Å². The van der Waals surface area contributed by atoms with E-state index in [0.29, 0.717) is 17.6 Å². The Kier molecular flexibility index (Phi) is 3.92. The van der Waals surface area contributed by atoms with Gasteiger partial charge in [-0.3, -0.25) is 0 Å². The zero-order valence-electron chi connectivity index (χ0n) is 11.4. The molecule has 1 saturated carbocycles. The largest absolute Gasteiger partial charge is 0.378 e. The summed E-state index contributed by atoms with van der Waals surface area (Å²) >= 11 is 0. The quantitative estimate of drug-likeness (QED) is 0.791. The molecule has 3 fully saturated rings. The molecule has 0 radical (unpaired) electrons. The van der Waals surface area contributed by atoms with E-state index < -0.39 is 0 Å². The van der Waals surface area contributed by atoms with Gasteiger partial charge in [0.2, 0.25) is 0 Å². The molecule has 0 aromatic rings. The van der Waals surface area contributed by atoms with Crippen molar-refractivity contribution in [3.8, 4) is 0 Å². The first-order valence-corrected chi connectivity index (χ1v) is 7.77. The number of ether oxygens (including phenoxy) is 2. The topological polar surface area (TPSA) is 44.5 Å². The van der Waals surface area contributed by atoms with Crippen LogP contribution in [0.1, 0.15) is 51.4 Å². The van der Waals surface area contributed by atoms with Crippen LogP contribution in [0.4, 0.5) is 0 Å². The molecule has 2 saturated heterocycles. The third-order valence-corrected chi connectivity index (χ3v) is 5.18. The van der Waals surface area contributed by atoms with E-state index in [0.717, 1.165) is 25.7 Å². The Labute approximate surface area is 110 Å². The van der Waals surface area contributed by atoms with Gasteiger partial charge < -0.3 is 15.2 Å². The zero-order valence-corrected chi connectivity index (χ0v) is 11.4. The molecule has 0 bridgehead atoms. The lowest BCUT2D eigenvalue weighted by Gasteiger charge is -2.33. The van der Waals surface area contributed by atoms with Gasteiger partial charge in [0.25, 0.3) is 0 Å². The molecule has 3 atom stereocenters. The van der Waals surface area contributed by atoms with Crippen LogP contribution >= 0.6 is 0 Å². The van der Waals surface area contributed by atoms with Crippen molar-refractivity contribution in [2.45, 2.75) is 63.6 Å². The molecule has 2 aliphatic heterocycles. The maximum atomic E-state index is 6.11. The summed E-state index contributed by atoms with van der Waals surface area (Å²) in [4.78, 5) is 0. The SMILES string of the molecule is NCC1(CCCC2CCCO2)CCOC1C1CC1. The summed E-state index contributed by atoms with van der Waals surface area (Å²) in [5.74, 6) is 0.818. The molecule has 1 aliphatic carbocycles. The normalized spacial score (nSPS) is 40.5. The molecular formula is C15H27NO2. The van der Waals surface area contributed by atoms with Gasteiger partial charge in [0, 0.05) is 25.2 Å². The summed E-state index contributed by atoms with van der Waals surface area (Å²) < 4.78 is 11.7. The van der Waals surface area contributed by atoms with E-state index in [-0.39, 0.29) is 0 Å². The maximum absolute atomic E-state index is 6.11. The highest BCUT2D eigenvalue weighted by atomic mass is 16.5. The Morgan fingerprint density at radius 3 is 2.67 bits per heavy atom. The van der Waals surface area contributed by atoms with Gasteiger partial charge in [-0.1, -0.05) is 6.42 Å². The standard InChI is InChI=1S/C15H27NO2/c16-11-15(7-1-3-13-4-2-9-17-13)8-10-18-14(15)12-5-6-12/h12-14H,1-11,16H2. The van der Waals surface area contributed by atoms with Crippen LogP contribution in [0, 0.1) is 11.3 Å². The Morgan fingerprint density at radius 1 is 1.11 bits per heavy atom. The molecule has 0 spiro atoms. The first kappa shape index (κ1) is 12.9. The molecular weight excluding hydrogens is 226 g/mol. The van der Waals surface area contributed by atoms with E-state index in [1.807, 2.05) is 0 Å². The predicted octanol–water partition coefficient (Wildman–Crippen LogP) is 2.48. The molecule has 3 heteroatoms. The van der Waals surface area contributed by atoms with Gasteiger partial charge >= 0.3 is 0 Å². The lowest BCUT2D eigenvalue weighted by Crippen LogP contribution is -2.39. The van der Waals surface area contributed by atoms with E-state index >= 15 is 0 Å². The zero-order chi connectivity index (χ0) is 12.4. The highest BCUT2D eigenvalue weighted by Gasteiger charge is 2.49. The van der Waals surface area contributed by atoms with Crippen molar-refractivity contribution in [2.75, 3.05) is 19.8 Å². The second-order valence-corrected chi connectivity index (χ2v) is 6.47. The number of hydrogen-bond acceptors (Lipinski definition) is 3. The van der Waals surface area contributed by atoms with Crippen molar-refractivity contribution in [3.63, 3.8) is 0 Å². The Bertz CT molecular complexity index is 274. The van der Waals surface area contributed by atoms with Crippen molar-refractivity contribution in [3.05, 3.63) is 0 Å². The molecule has 0 aromatic heterocycles. The fourth-order valence-electron chi connectivity index (χ4n) is 3.88. The van der Waals surface area contributed by atoms with Gasteiger partial charge in [0.05, 0.1) is 12.2 Å². The van der Waals surface area contributed by atoms with Gasteiger partial charge in [-0.15, -0.1) is 0 Å². The van der Waals surface area contributed by atoms with Crippen molar-refractivity contribution in [2.24, 2.45) is 17.1 Å². The Hall–Kier alpha value is -0.120. The second kappa shape index (κ2) is 5.48. The van der Waals surface area contributed by atoms with Crippen molar-refractivity contribution < 1.29 is 9.47 Å². The third kappa shape index (κ3) is 2.59. The van der Waals surface area contributed by atoms with Crippen LogP contribution < -0.4 is 5.73 Å². The van der Waals surface area contributed by atoms with Gasteiger partial charge in [-0.25, -0.2) is 0 Å². The van der Waals surface area contributed by atoms with E-state index in [4.69, 9.17) is 15.2 Å². The van der Waals surface area contributed by atoms with Crippen LogP contribution in [0.25, 0.3) is 0 Å². The molecule has 3 rings (SSSR count). The predicted molar refractivity (Wildman–Crippen MR) is 71.4 cm³/mol. The summed E-state index contributed by atoms with van der Waals surface area (Å²) in [5, 5.41) is 0. The smallest absolute Gasteiger partial charge is 0.0672 e. The maximum Gasteiger partial charge on any atom is 0.0672 e. The van der Waals surface area contributed by atoms with E-state index in [1.165, 1.54) is 51.4 Å². The number of rotatable bonds is 6. The lowest BCUT2D eigenvalue weighted by atomic mass is 9.74. The first-order chi connectivity index (χ1) is 8.84. The molecule has 2 N–H and O–H groups in total. The molecule has 2 heterocycles. The molecule has 3 aliphatic rings. The van der Waals surface area contributed by atoms with Crippen LogP contribution in [0.15, 0.2) is 0 Å². The molecule has 3 unspecified atom stereocenters. The summed E-state index contributed by atoms with van der Waals surface area (Å²) in [6.45, 7) is 2.71. The van der Waals surface area contributed by atoms with Crippen LogP contribution in [-0.4, -0.2) is 32.0 Å². The molecule has 0 amide bonds. The summed E-state index contributed by atoms with van der Waals surface area (Å²) in [6.07, 6.45) is 11.1. The average molecular weight is 253 g/mol. The Balaban J connectivity index is 1.50. The fraction of sp³-hybridized carbons (Fsp3) is 1.00. The minimum absolute atomic E-state index is 0.291. The highest BCUT2D eigenvalue weighted by molar-refractivity contribution is 5.00. The van der Waals surface area contributed by atoms with Gasteiger partial charge in [-0.2, -0.15) is 0 Å². The number of nitrogens with two attached hydrogens (primary N) is 1. The molecule has 18 heavy (non-hydrogen) atoms. The minimum Gasteiger partial charge on any atom is -0.378 e. The van der Waals surface area contributed by atoms with Crippen molar-refractivity contribution in [1.82, 2.24) is 0 Å². The Morgan fingerprint density at radius 2 is 2.00 bits per heavy atom. The summed E-state index contributed by atoms with van der Waals surface area (Å²) in [7, 11) is 0. The minimum atomic E-state index is 0.291. The summed E-state index contributed by atoms with van der Waals surface area (Å²) in [6, 6.07) is 0. The fourth-order valence-corrected chi connectivity index (χ4v) is 3.88. The van der Waals surface area contributed by atoms with E-state index in [9.17, 15) is 0 Å². The second-order valence-electron chi connectivity index (χ2n) is 6.47. The number of hydrogen-bond donors (Lipinski definition) is 1. The average Bonchev–Trinajstić information content (AvgIpc) is 2.93. The lowest BCUT2D eigenvalue weighted by molar-refractivity contribution is 0.0264. The van der Waals surface area contributed by atoms with Crippen LogP contribution in [0.3, 0.4) is 0 Å². The van der Waals surface area contributed by atoms with Crippen molar-refractivity contribution in [1.29, 1.82) is 0 Å². The van der Waals surface area contributed by atoms with Gasteiger partial charge in [-0.05, 0) is 50.9 Å². The molecule has 0 aromatic carbocycles.